The first-order valence-corrected chi connectivity index (χ1v) is 8.33. The maximum absolute atomic E-state index is 12.5. The van der Waals surface area contributed by atoms with Crippen LogP contribution in [0.2, 0.25) is 0 Å². The van der Waals surface area contributed by atoms with E-state index in [4.69, 9.17) is 4.74 Å². The first kappa shape index (κ1) is 18.9. The molecule has 7 nitrogen and oxygen atoms in total. The number of hydrogen-bond donors (Lipinski definition) is 1. The highest BCUT2D eigenvalue weighted by Gasteiger charge is 2.31. The molecule has 2 rings (SSSR count). The molecule has 1 N–H and O–H groups in total. The number of hydrogen-bond acceptors (Lipinski definition) is 4. The minimum Gasteiger partial charge on any atom is -0.377 e. The van der Waals surface area contributed by atoms with Gasteiger partial charge in [0.05, 0.1) is 6.10 Å². The van der Waals surface area contributed by atoms with Crippen LogP contribution in [0.25, 0.3) is 0 Å². The van der Waals surface area contributed by atoms with Crippen molar-refractivity contribution in [1.82, 2.24) is 9.80 Å². The van der Waals surface area contributed by atoms with Crippen molar-refractivity contribution in [2.75, 3.05) is 32.1 Å². The molecule has 1 aliphatic heterocycles. The van der Waals surface area contributed by atoms with Crippen LogP contribution in [-0.4, -0.2) is 60.3 Å². The summed E-state index contributed by atoms with van der Waals surface area (Å²) in [6.07, 6.45) is -0.104. The smallest absolute Gasteiger partial charge is 0.313 e. The standard InChI is InChI=1S/C18H25N3O4/c1-12-11-20(14(3)22)8-9-21(12)18(24)17(23)19-16-7-5-6-15(10-16)13(2)25-4/h5-7,10,12-13H,8-9,11H2,1-4H3,(H,19,23)/t12-,13?/m1/s1. The SMILES string of the molecule is COC(C)c1cccc(NC(=O)C(=O)N2CCN(C(C)=O)C[C@H]2C)c1. The van der Waals surface area contributed by atoms with E-state index < -0.39 is 11.8 Å². The Morgan fingerprint density at radius 1 is 1.28 bits per heavy atom. The molecule has 1 heterocycles. The van der Waals surface area contributed by atoms with Crippen LogP contribution in [-0.2, 0) is 19.1 Å². The predicted molar refractivity (Wildman–Crippen MR) is 93.9 cm³/mol. The fourth-order valence-corrected chi connectivity index (χ4v) is 2.87. The third-order valence-corrected chi connectivity index (χ3v) is 4.50. The van der Waals surface area contributed by atoms with Crippen molar-refractivity contribution in [3.63, 3.8) is 0 Å². The Morgan fingerprint density at radius 2 is 2.00 bits per heavy atom. The van der Waals surface area contributed by atoms with Crippen LogP contribution < -0.4 is 5.32 Å². The highest BCUT2D eigenvalue weighted by atomic mass is 16.5. The number of carbonyl (C=O) groups is 3. The van der Waals surface area contributed by atoms with Crippen molar-refractivity contribution in [2.24, 2.45) is 0 Å². The van der Waals surface area contributed by atoms with Crippen molar-refractivity contribution in [2.45, 2.75) is 32.9 Å². The van der Waals surface area contributed by atoms with Crippen LogP contribution in [0.4, 0.5) is 5.69 Å². The second-order valence-corrected chi connectivity index (χ2v) is 6.27. The summed E-state index contributed by atoms with van der Waals surface area (Å²) in [6, 6.07) is 7.02. The lowest BCUT2D eigenvalue weighted by molar-refractivity contribution is -0.148. The van der Waals surface area contributed by atoms with Gasteiger partial charge in [-0.2, -0.15) is 0 Å². The number of anilines is 1. The van der Waals surface area contributed by atoms with E-state index in [9.17, 15) is 14.4 Å². The van der Waals surface area contributed by atoms with E-state index in [0.717, 1.165) is 5.56 Å². The maximum atomic E-state index is 12.5. The number of amides is 3. The third-order valence-electron chi connectivity index (χ3n) is 4.50. The highest BCUT2D eigenvalue weighted by molar-refractivity contribution is 6.39. The number of rotatable bonds is 3. The fourth-order valence-electron chi connectivity index (χ4n) is 2.87. The van der Waals surface area contributed by atoms with Gasteiger partial charge in [0, 0.05) is 45.4 Å². The van der Waals surface area contributed by atoms with Gasteiger partial charge in [-0.25, -0.2) is 0 Å². The minimum absolute atomic E-state index is 0.0209. The Bertz CT molecular complexity index is 661. The normalized spacial score (nSPS) is 18.6. The van der Waals surface area contributed by atoms with E-state index in [-0.39, 0.29) is 18.1 Å². The second-order valence-electron chi connectivity index (χ2n) is 6.27. The van der Waals surface area contributed by atoms with Crippen molar-refractivity contribution in [1.29, 1.82) is 0 Å². The summed E-state index contributed by atoms with van der Waals surface area (Å²) in [4.78, 5) is 39.4. The monoisotopic (exact) mass is 347 g/mol. The number of nitrogens with one attached hydrogen (secondary N) is 1. The topological polar surface area (TPSA) is 79.0 Å². The van der Waals surface area contributed by atoms with E-state index in [1.807, 2.05) is 19.9 Å². The number of piperazine rings is 1. The Labute approximate surface area is 147 Å². The van der Waals surface area contributed by atoms with Gasteiger partial charge < -0.3 is 19.9 Å². The van der Waals surface area contributed by atoms with Gasteiger partial charge in [-0.1, -0.05) is 12.1 Å². The molecule has 0 bridgehead atoms. The van der Waals surface area contributed by atoms with Crippen LogP contribution in [0.5, 0.6) is 0 Å². The van der Waals surface area contributed by atoms with Crippen molar-refractivity contribution in [3.05, 3.63) is 29.8 Å². The molecule has 1 aromatic rings. The van der Waals surface area contributed by atoms with Crippen molar-refractivity contribution in [3.8, 4) is 0 Å². The molecule has 0 radical (unpaired) electrons. The maximum Gasteiger partial charge on any atom is 0.313 e. The first-order valence-electron chi connectivity index (χ1n) is 8.33. The quantitative estimate of drug-likeness (QED) is 0.839. The number of ether oxygens (including phenoxy) is 1. The van der Waals surface area contributed by atoms with Gasteiger partial charge in [-0.3, -0.25) is 14.4 Å². The third kappa shape index (κ3) is 4.57. The highest BCUT2D eigenvalue weighted by Crippen LogP contribution is 2.20. The van der Waals surface area contributed by atoms with Crippen molar-refractivity contribution < 1.29 is 19.1 Å². The summed E-state index contributed by atoms with van der Waals surface area (Å²) in [6.45, 7) is 6.48. The molecule has 0 aliphatic carbocycles. The molecule has 0 aromatic heterocycles. The van der Waals surface area contributed by atoms with E-state index in [2.05, 4.69) is 5.32 Å². The molecule has 1 unspecified atom stereocenters. The van der Waals surface area contributed by atoms with E-state index >= 15 is 0 Å². The lowest BCUT2D eigenvalue weighted by atomic mass is 10.1. The zero-order valence-corrected chi connectivity index (χ0v) is 15.1. The van der Waals surface area contributed by atoms with E-state index in [0.29, 0.717) is 25.3 Å². The zero-order chi connectivity index (χ0) is 18.6. The molecule has 1 aliphatic rings. The summed E-state index contributed by atoms with van der Waals surface area (Å²) >= 11 is 0. The number of carbonyl (C=O) groups excluding carboxylic acids is 3. The van der Waals surface area contributed by atoms with Gasteiger partial charge in [0.1, 0.15) is 0 Å². The Morgan fingerprint density at radius 3 is 2.60 bits per heavy atom. The fraction of sp³-hybridized carbons (Fsp3) is 0.500. The summed E-state index contributed by atoms with van der Waals surface area (Å²) in [5.41, 5.74) is 1.46. The summed E-state index contributed by atoms with van der Waals surface area (Å²) < 4.78 is 5.26. The summed E-state index contributed by atoms with van der Waals surface area (Å²) in [7, 11) is 1.61. The van der Waals surface area contributed by atoms with Crippen LogP contribution in [0.1, 0.15) is 32.4 Å². The largest absolute Gasteiger partial charge is 0.377 e. The molecule has 25 heavy (non-hydrogen) atoms. The zero-order valence-electron chi connectivity index (χ0n) is 15.1. The van der Waals surface area contributed by atoms with Crippen LogP contribution in [0.3, 0.4) is 0 Å². The summed E-state index contributed by atoms with van der Waals surface area (Å²) in [5, 5.41) is 2.65. The Hall–Kier alpha value is -2.41. The van der Waals surface area contributed by atoms with E-state index in [1.165, 1.54) is 11.8 Å². The molecule has 136 valence electrons. The number of methoxy groups -OCH3 is 1. The van der Waals surface area contributed by atoms with E-state index in [1.54, 1.807) is 30.2 Å². The van der Waals surface area contributed by atoms with Crippen molar-refractivity contribution >= 4 is 23.4 Å². The molecule has 1 fully saturated rings. The molecule has 3 amide bonds. The lowest BCUT2D eigenvalue weighted by Crippen LogP contribution is -2.57. The van der Waals surface area contributed by atoms with Crippen LogP contribution >= 0.6 is 0 Å². The molecule has 1 saturated heterocycles. The van der Waals surface area contributed by atoms with Crippen LogP contribution in [0.15, 0.2) is 24.3 Å². The molecule has 0 saturated carbocycles. The lowest BCUT2D eigenvalue weighted by Gasteiger charge is -2.39. The molecule has 2 atom stereocenters. The van der Waals surface area contributed by atoms with Gasteiger partial charge in [0.2, 0.25) is 5.91 Å². The number of benzene rings is 1. The first-order chi connectivity index (χ1) is 11.8. The summed E-state index contributed by atoms with van der Waals surface area (Å²) in [5.74, 6) is -1.28. The van der Waals surface area contributed by atoms with Crippen LogP contribution in [0, 0.1) is 0 Å². The van der Waals surface area contributed by atoms with Gasteiger partial charge in [-0.15, -0.1) is 0 Å². The Balaban J connectivity index is 2.01. The minimum atomic E-state index is -0.676. The van der Waals surface area contributed by atoms with Gasteiger partial charge >= 0.3 is 11.8 Å². The molecule has 7 heteroatoms. The average molecular weight is 347 g/mol. The average Bonchev–Trinajstić information content (AvgIpc) is 2.60. The predicted octanol–water partition coefficient (Wildman–Crippen LogP) is 1.41. The molecular weight excluding hydrogens is 322 g/mol. The molecule has 1 aromatic carbocycles. The number of nitrogens with zero attached hydrogens (tertiary/aromatic N) is 2. The van der Waals surface area contributed by atoms with Gasteiger partial charge in [0.25, 0.3) is 0 Å². The molecular formula is C18H25N3O4. The van der Waals surface area contributed by atoms with Gasteiger partial charge in [0.15, 0.2) is 0 Å². The Kier molecular flexibility index (Phi) is 6.14. The van der Waals surface area contributed by atoms with Gasteiger partial charge in [-0.05, 0) is 31.5 Å². The second kappa shape index (κ2) is 8.11. The molecule has 0 spiro atoms.